The second-order valence-electron chi connectivity index (χ2n) is 7.64. The first-order valence-corrected chi connectivity index (χ1v) is 11.9. The maximum absolute atomic E-state index is 13.4. The number of carbonyl (C=O) groups is 1. The van der Waals surface area contributed by atoms with E-state index in [0.717, 1.165) is 27.3 Å². The molecular formula is C30H24N2OS. The van der Waals surface area contributed by atoms with Crippen molar-refractivity contribution in [3.63, 3.8) is 0 Å². The second kappa shape index (κ2) is 11.7. The Morgan fingerprint density at radius 2 is 1.29 bits per heavy atom. The molecule has 0 heterocycles. The van der Waals surface area contributed by atoms with Gasteiger partial charge in [-0.2, -0.15) is 5.26 Å². The van der Waals surface area contributed by atoms with E-state index in [9.17, 15) is 4.79 Å². The molecule has 4 heteroatoms. The molecule has 3 nitrogen and oxygen atoms in total. The Bertz CT molecular complexity index is 1240. The Morgan fingerprint density at radius 1 is 0.765 bits per heavy atom. The predicted octanol–water partition coefficient (Wildman–Crippen LogP) is 7.51. The summed E-state index contributed by atoms with van der Waals surface area (Å²) in [6.45, 7) is 0. The van der Waals surface area contributed by atoms with E-state index in [0.29, 0.717) is 18.4 Å². The first-order chi connectivity index (χ1) is 16.7. The van der Waals surface area contributed by atoms with Crippen LogP contribution in [0.2, 0.25) is 0 Å². The van der Waals surface area contributed by atoms with E-state index in [4.69, 9.17) is 5.26 Å². The number of benzene rings is 4. The van der Waals surface area contributed by atoms with Gasteiger partial charge in [-0.25, -0.2) is 4.31 Å². The van der Waals surface area contributed by atoms with Crippen molar-refractivity contribution < 1.29 is 4.79 Å². The highest BCUT2D eigenvalue weighted by molar-refractivity contribution is 8.01. The number of rotatable bonds is 8. The molecular weight excluding hydrogens is 436 g/mol. The molecule has 0 radical (unpaired) electrons. The van der Waals surface area contributed by atoms with E-state index in [1.165, 1.54) is 11.9 Å². The van der Waals surface area contributed by atoms with Crippen LogP contribution in [0, 0.1) is 11.3 Å². The third-order valence-corrected chi connectivity index (χ3v) is 6.35. The Kier molecular flexibility index (Phi) is 7.95. The first kappa shape index (κ1) is 23.1. The molecule has 0 aliphatic carbocycles. The van der Waals surface area contributed by atoms with Gasteiger partial charge in [0.05, 0.1) is 17.3 Å². The number of anilines is 1. The Hall–Kier alpha value is -4.07. The van der Waals surface area contributed by atoms with Crippen LogP contribution in [0.5, 0.6) is 0 Å². The summed E-state index contributed by atoms with van der Waals surface area (Å²) in [7, 11) is 0. The van der Waals surface area contributed by atoms with Crippen LogP contribution in [0.4, 0.5) is 5.69 Å². The van der Waals surface area contributed by atoms with Crippen LogP contribution in [0.1, 0.15) is 29.5 Å². The lowest BCUT2D eigenvalue weighted by molar-refractivity contribution is -0.117. The summed E-state index contributed by atoms with van der Waals surface area (Å²) in [5.41, 5.74) is 4.70. The molecule has 0 saturated carbocycles. The molecule has 4 rings (SSSR count). The fraction of sp³-hybridized carbons (Fsp3) is 0.0667. The van der Waals surface area contributed by atoms with Crippen LogP contribution >= 0.6 is 11.9 Å². The second-order valence-corrected chi connectivity index (χ2v) is 8.66. The van der Waals surface area contributed by atoms with E-state index in [2.05, 4.69) is 36.4 Å². The maximum Gasteiger partial charge on any atom is 0.237 e. The first-order valence-electron chi connectivity index (χ1n) is 11.1. The van der Waals surface area contributed by atoms with Gasteiger partial charge < -0.3 is 0 Å². The van der Waals surface area contributed by atoms with Gasteiger partial charge in [0.25, 0.3) is 0 Å². The highest BCUT2D eigenvalue weighted by Crippen LogP contribution is 2.31. The number of nitriles is 1. The molecule has 1 amide bonds. The molecule has 4 aromatic carbocycles. The minimum Gasteiger partial charge on any atom is -0.274 e. The monoisotopic (exact) mass is 460 g/mol. The van der Waals surface area contributed by atoms with Gasteiger partial charge >= 0.3 is 0 Å². The molecule has 0 aliphatic rings. The number of hydrogen-bond donors (Lipinski definition) is 0. The number of hydrogen-bond acceptors (Lipinski definition) is 3. The van der Waals surface area contributed by atoms with Crippen molar-refractivity contribution in [1.82, 2.24) is 0 Å². The maximum atomic E-state index is 13.4. The molecule has 0 aromatic heterocycles. The fourth-order valence-electron chi connectivity index (χ4n) is 3.59. The van der Waals surface area contributed by atoms with Gasteiger partial charge in [-0.05, 0) is 71.5 Å². The van der Waals surface area contributed by atoms with Crippen molar-refractivity contribution in [2.45, 2.75) is 17.7 Å². The van der Waals surface area contributed by atoms with Crippen molar-refractivity contribution in [2.75, 3.05) is 4.31 Å². The van der Waals surface area contributed by atoms with Gasteiger partial charge in [0.15, 0.2) is 0 Å². The third-order valence-electron chi connectivity index (χ3n) is 5.27. The number of nitrogens with zero attached hydrogens (tertiary/aromatic N) is 2. The van der Waals surface area contributed by atoms with Crippen molar-refractivity contribution in [2.24, 2.45) is 0 Å². The number of carbonyl (C=O) groups excluding carboxylic acids is 1. The molecule has 0 atom stereocenters. The lowest BCUT2D eigenvalue weighted by atomic mass is 9.96. The van der Waals surface area contributed by atoms with Crippen molar-refractivity contribution in [1.29, 1.82) is 5.26 Å². The number of allylic oxidation sites excluding steroid dienone is 1. The largest absolute Gasteiger partial charge is 0.274 e. The molecule has 4 aromatic rings. The van der Waals surface area contributed by atoms with Gasteiger partial charge in [0.1, 0.15) is 0 Å². The zero-order valence-corrected chi connectivity index (χ0v) is 19.5. The fourth-order valence-corrected chi connectivity index (χ4v) is 4.49. The van der Waals surface area contributed by atoms with E-state index >= 15 is 0 Å². The zero-order chi connectivity index (χ0) is 23.6. The predicted molar refractivity (Wildman–Crippen MR) is 140 cm³/mol. The topological polar surface area (TPSA) is 44.1 Å². The Labute approximate surface area is 205 Å². The molecule has 0 bridgehead atoms. The lowest BCUT2D eigenvalue weighted by Crippen LogP contribution is -2.23. The van der Waals surface area contributed by atoms with Crippen LogP contribution in [0.3, 0.4) is 0 Å². The van der Waals surface area contributed by atoms with Gasteiger partial charge in [0.2, 0.25) is 5.91 Å². The summed E-state index contributed by atoms with van der Waals surface area (Å²) in [5, 5.41) is 9.13. The van der Waals surface area contributed by atoms with E-state index < -0.39 is 0 Å². The molecule has 0 unspecified atom stereocenters. The van der Waals surface area contributed by atoms with Gasteiger partial charge in [-0.3, -0.25) is 4.79 Å². The summed E-state index contributed by atoms with van der Waals surface area (Å²) >= 11 is 1.40. The van der Waals surface area contributed by atoms with Crippen LogP contribution < -0.4 is 4.31 Å². The van der Waals surface area contributed by atoms with Crippen LogP contribution in [0.25, 0.3) is 5.57 Å². The Morgan fingerprint density at radius 3 is 1.82 bits per heavy atom. The summed E-state index contributed by atoms with van der Waals surface area (Å²) in [6.07, 6.45) is 3.12. The average Bonchev–Trinajstić information content (AvgIpc) is 2.91. The summed E-state index contributed by atoms with van der Waals surface area (Å²) < 4.78 is 1.72. The average molecular weight is 461 g/mol. The van der Waals surface area contributed by atoms with Crippen LogP contribution in [0.15, 0.2) is 126 Å². The summed E-state index contributed by atoms with van der Waals surface area (Å²) in [5.74, 6) is 0.00952. The molecule has 0 fully saturated rings. The highest BCUT2D eigenvalue weighted by Gasteiger charge is 2.17. The number of amides is 1. The SMILES string of the molecule is N#Cc1ccc(N(Sc2ccccc2)C(=O)CCC=C(c2ccccc2)c2ccccc2)cc1. The summed E-state index contributed by atoms with van der Waals surface area (Å²) in [6, 6.07) is 39.6. The molecule has 0 saturated heterocycles. The molecule has 34 heavy (non-hydrogen) atoms. The minimum absolute atomic E-state index is 0.00952. The molecule has 166 valence electrons. The van der Waals surface area contributed by atoms with Crippen molar-refractivity contribution >= 4 is 29.1 Å². The quantitative estimate of drug-likeness (QED) is 0.256. The van der Waals surface area contributed by atoms with Crippen LogP contribution in [-0.4, -0.2) is 5.91 Å². The van der Waals surface area contributed by atoms with Gasteiger partial charge in [-0.15, -0.1) is 0 Å². The zero-order valence-electron chi connectivity index (χ0n) is 18.7. The van der Waals surface area contributed by atoms with E-state index in [-0.39, 0.29) is 5.91 Å². The highest BCUT2D eigenvalue weighted by atomic mass is 32.2. The molecule has 0 aliphatic heterocycles. The van der Waals surface area contributed by atoms with Gasteiger partial charge in [0, 0.05) is 11.3 Å². The van der Waals surface area contributed by atoms with Crippen LogP contribution in [-0.2, 0) is 4.79 Å². The standard InChI is InChI=1S/C30H24N2OS/c31-23-24-19-21-27(22-20-24)32(34-28-15-8-3-9-16-28)30(33)18-10-17-29(25-11-4-1-5-12-25)26-13-6-2-7-14-26/h1-9,11-17,19-22H,10,18H2. The Balaban J connectivity index is 1.56. The van der Waals surface area contributed by atoms with Gasteiger partial charge in [-0.1, -0.05) is 84.9 Å². The summed E-state index contributed by atoms with van der Waals surface area (Å²) in [4.78, 5) is 14.3. The van der Waals surface area contributed by atoms with E-state index in [1.807, 2.05) is 78.9 Å². The lowest BCUT2D eigenvalue weighted by Gasteiger charge is -2.21. The third kappa shape index (κ3) is 6.04. The minimum atomic E-state index is 0.00952. The smallest absolute Gasteiger partial charge is 0.237 e. The van der Waals surface area contributed by atoms with Crippen molar-refractivity contribution in [3.8, 4) is 6.07 Å². The molecule has 0 spiro atoms. The van der Waals surface area contributed by atoms with E-state index in [1.54, 1.807) is 16.4 Å². The van der Waals surface area contributed by atoms with Crippen molar-refractivity contribution in [3.05, 3.63) is 138 Å². The molecule has 0 N–H and O–H groups in total. The normalized spacial score (nSPS) is 10.2.